The molecule has 0 saturated carbocycles. The van der Waals surface area contributed by atoms with Crippen LogP contribution in [0.1, 0.15) is 53.5 Å². The molecule has 2 heterocycles. The van der Waals surface area contributed by atoms with E-state index in [2.05, 4.69) is 16.0 Å². The monoisotopic (exact) mass is 604 g/mol. The van der Waals surface area contributed by atoms with E-state index in [0.29, 0.717) is 40.7 Å². The van der Waals surface area contributed by atoms with Gasteiger partial charge in [0.25, 0.3) is 5.56 Å². The molecule has 0 fully saturated rings. The predicted molar refractivity (Wildman–Crippen MR) is 164 cm³/mol. The van der Waals surface area contributed by atoms with Crippen molar-refractivity contribution in [2.75, 3.05) is 6.73 Å². The Morgan fingerprint density at radius 3 is 2.65 bits per heavy atom. The fraction of sp³-hybridized carbons (Fsp3) is 0.258. The van der Waals surface area contributed by atoms with Crippen molar-refractivity contribution in [3.05, 3.63) is 122 Å². The summed E-state index contributed by atoms with van der Waals surface area (Å²) < 4.78 is 42.4. The lowest BCUT2D eigenvalue weighted by Gasteiger charge is -2.18. The van der Waals surface area contributed by atoms with E-state index in [1.807, 2.05) is 49.4 Å². The number of rotatable bonds is 11. The van der Waals surface area contributed by atoms with Crippen molar-refractivity contribution in [1.29, 1.82) is 0 Å². The number of nitrogens with two attached hydrogens (primary N) is 2. The third-order valence-corrected chi connectivity index (χ3v) is 7.68. The van der Waals surface area contributed by atoms with Gasteiger partial charge < -0.3 is 10.5 Å². The maximum atomic E-state index is 14.9. The second-order valence-corrected chi connectivity index (χ2v) is 10.7. The second kappa shape index (κ2) is 13.8. The number of allylic oxidation sites excluding steroid dienone is 4. The van der Waals surface area contributed by atoms with Crippen LogP contribution >= 0.6 is 0 Å². The molecule has 0 amide bonds. The number of hydrogen-bond acceptors (Lipinski definition) is 8. The summed E-state index contributed by atoms with van der Waals surface area (Å²) in [5.74, 6) is 0.844. The van der Waals surface area contributed by atoms with Gasteiger partial charge in [0, 0.05) is 36.6 Å². The minimum absolute atomic E-state index is 0.0438. The number of halogens is 1. The molecule has 2 aromatic carbocycles. The van der Waals surface area contributed by atoms with Gasteiger partial charge in [-0.25, -0.2) is 19.1 Å². The zero-order valence-corrected chi connectivity index (χ0v) is 24.5. The normalized spacial score (nSPS) is 16.3. The number of nitrogens with zero attached hydrogens (tertiary/aromatic N) is 3. The van der Waals surface area contributed by atoms with Gasteiger partial charge in [-0.1, -0.05) is 61.6 Å². The number of nitrogens with one attached hydrogen (secondary N) is 1. The standard InChI is InChI=1S/C31H33FN6O4S/c1-2-6-29-35-28(17-33)26(15-22-13-14-23(41-19-34)16-27(22)32)31(39)38(29)18-20-9-11-21(12-10-20)24-7-4-3-5-8-25(24)30-36-42-43(40)37-30/h3,5,7-14,16H,2,4,6,15,17-19,33-34H2,1H3,(H,36,37). The number of amidine groups is 1. The van der Waals surface area contributed by atoms with Gasteiger partial charge in [-0.15, -0.1) is 4.40 Å². The van der Waals surface area contributed by atoms with E-state index in [9.17, 15) is 13.4 Å². The summed E-state index contributed by atoms with van der Waals surface area (Å²) in [5, 5.41) is 0. The molecule has 5 rings (SSSR count). The summed E-state index contributed by atoms with van der Waals surface area (Å²) in [6, 6.07) is 12.3. The Morgan fingerprint density at radius 2 is 1.98 bits per heavy atom. The molecular weight excluding hydrogens is 571 g/mol. The minimum atomic E-state index is -1.78. The first-order valence-corrected chi connectivity index (χ1v) is 15.0. The molecule has 1 aromatic heterocycles. The van der Waals surface area contributed by atoms with Crippen LogP contribution in [0.3, 0.4) is 0 Å². The number of aromatic nitrogens is 2. The van der Waals surface area contributed by atoms with Gasteiger partial charge in [0.1, 0.15) is 24.1 Å². The average Bonchev–Trinajstić information content (AvgIpc) is 3.28. The van der Waals surface area contributed by atoms with Crippen molar-refractivity contribution in [2.45, 2.75) is 45.7 Å². The fourth-order valence-corrected chi connectivity index (χ4v) is 5.50. The lowest BCUT2D eigenvalue weighted by molar-refractivity contribution is 0.306. The van der Waals surface area contributed by atoms with Crippen LogP contribution in [0, 0.1) is 5.82 Å². The number of hydrogen-bond donors (Lipinski definition) is 3. The SMILES string of the molecule is CCCc1nc(CN)c(Cc2ccc(OCN)cc2F)c(=O)n1Cc1ccc(C2=CCC=CC=C2C2=NS(=O)ON2)cc1. The molecule has 2 aliphatic rings. The highest BCUT2D eigenvalue weighted by Crippen LogP contribution is 2.28. The van der Waals surface area contributed by atoms with Crippen LogP contribution in [0.25, 0.3) is 5.57 Å². The third-order valence-electron chi connectivity index (χ3n) is 7.12. The molecule has 3 aromatic rings. The van der Waals surface area contributed by atoms with E-state index in [4.69, 9.17) is 25.5 Å². The van der Waals surface area contributed by atoms with Gasteiger partial charge in [-0.2, -0.15) is 4.28 Å². The first kappa shape index (κ1) is 30.2. The average molecular weight is 605 g/mol. The van der Waals surface area contributed by atoms with Crippen LogP contribution in [0.2, 0.25) is 0 Å². The maximum absolute atomic E-state index is 14.9. The van der Waals surface area contributed by atoms with E-state index in [1.54, 1.807) is 16.7 Å². The van der Waals surface area contributed by atoms with E-state index < -0.39 is 17.1 Å². The summed E-state index contributed by atoms with van der Waals surface area (Å²) in [6.07, 6.45) is 10.0. The molecule has 1 unspecified atom stereocenters. The Kier molecular flexibility index (Phi) is 9.72. The van der Waals surface area contributed by atoms with Crippen molar-refractivity contribution in [3.8, 4) is 5.75 Å². The molecule has 0 radical (unpaired) electrons. The van der Waals surface area contributed by atoms with Gasteiger partial charge in [0.2, 0.25) is 0 Å². The molecule has 0 saturated heterocycles. The Morgan fingerprint density at radius 1 is 1.16 bits per heavy atom. The Balaban J connectivity index is 1.46. The number of aryl methyl sites for hydroxylation is 1. The topological polar surface area (TPSA) is 147 Å². The van der Waals surface area contributed by atoms with Crippen LogP contribution in [0.4, 0.5) is 4.39 Å². The highest BCUT2D eigenvalue weighted by molar-refractivity contribution is 7.79. The molecule has 1 atom stereocenters. The Hall–Kier alpha value is -4.23. The molecule has 5 N–H and O–H groups in total. The van der Waals surface area contributed by atoms with Gasteiger partial charge in [-0.05, 0) is 41.2 Å². The van der Waals surface area contributed by atoms with E-state index >= 15 is 0 Å². The van der Waals surface area contributed by atoms with Gasteiger partial charge >= 0.3 is 11.3 Å². The lowest BCUT2D eigenvalue weighted by Crippen LogP contribution is -2.32. The largest absolute Gasteiger partial charge is 0.478 e. The molecule has 1 aliphatic heterocycles. The Labute approximate surface area is 251 Å². The van der Waals surface area contributed by atoms with Crippen LogP contribution in [0.15, 0.2) is 81.5 Å². The number of ether oxygens (including phenoxy) is 1. The lowest BCUT2D eigenvalue weighted by atomic mass is 9.95. The molecule has 224 valence electrons. The van der Waals surface area contributed by atoms with Gasteiger partial charge in [0.05, 0.1) is 12.2 Å². The molecule has 0 spiro atoms. The van der Waals surface area contributed by atoms with Crippen LogP contribution < -0.4 is 27.2 Å². The number of hydroxylamine groups is 1. The summed E-state index contributed by atoms with van der Waals surface area (Å²) in [4.78, 5) is 18.7. The first-order valence-electron chi connectivity index (χ1n) is 14.0. The van der Waals surface area contributed by atoms with Crippen molar-refractivity contribution < 1.29 is 17.6 Å². The predicted octanol–water partition coefficient (Wildman–Crippen LogP) is 3.51. The summed E-state index contributed by atoms with van der Waals surface area (Å²) >= 11 is -1.78. The highest BCUT2D eigenvalue weighted by Gasteiger charge is 2.22. The van der Waals surface area contributed by atoms with Crippen molar-refractivity contribution in [3.63, 3.8) is 0 Å². The van der Waals surface area contributed by atoms with Gasteiger partial charge in [0.15, 0.2) is 5.84 Å². The zero-order chi connectivity index (χ0) is 30.3. The van der Waals surface area contributed by atoms with Crippen LogP contribution in [-0.4, -0.2) is 26.3 Å². The van der Waals surface area contributed by atoms with E-state index in [0.717, 1.165) is 35.1 Å². The van der Waals surface area contributed by atoms with Crippen LogP contribution in [0.5, 0.6) is 5.75 Å². The minimum Gasteiger partial charge on any atom is -0.478 e. The van der Waals surface area contributed by atoms with Crippen molar-refractivity contribution in [2.24, 2.45) is 15.9 Å². The van der Waals surface area contributed by atoms with E-state index in [-0.39, 0.29) is 31.8 Å². The molecule has 0 bridgehead atoms. The molecule has 12 heteroatoms. The molecule has 1 aliphatic carbocycles. The highest BCUT2D eigenvalue weighted by atomic mass is 32.2. The smallest absolute Gasteiger partial charge is 0.309 e. The fourth-order valence-electron chi connectivity index (χ4n) is 5.03. The Bertz CT molecular complexity index is 1710. The second-order valence-electron chi connectivity index (χ2n) is 9.94. The summed E-state index contributed by atoms with van der Waals surface area (Å²) in [7, 11) is 0. The van der Waals surface area contributed by atoms with Crippen LogP contribution in [-0.2, 0) is 41.5 Å². The first-order chi connectivity index (χ1) is 20.9. The van der Waals surface area contributed by atoms with Crippen molar-refractivity contribution >= 4 is 22.7 Å². The molecular formula is C31H33FN6O4S. The van der Waals surface area contributed by atoms with Crippen molar-refractivity contribution in [1.82, 2.24) is 15.0 Å². The zero-order valence-electron chi connectivity index (χ0n) is 23.7. The number of benzene rings is 2. The van der Waals surface area contributed by atoms with Gasteiger partial charge in [-0.3, -0.25) is 15.1 Å². The summed E-state index contributed by atoms with van der Waals surface area (Å²) in [5.41, 5.74) is 18.5. The van der Waals surface area contributed by atoms with E-state index in [1.165, 1.54) is 6.07 Å². The molecule has 43 heavy (non-hydrogen) atoms. The third kappa shape index (κ3) is 6.89. The summed E-state index contributed by atoms with van der Waals surface area (Å²) in [6.45, 7) is 2.30. The maximum Gasteiger partial charge on any atom is 0.309 e. The molecule has 10 nitrogen and oxygen atoms in total. The quantitative estimate of drug-likeness (QED) is 0.282.